The Morgan fingerprint density at radius 2 is 1.87 bits per heavy atom. The number of esters is 1. The molecule has 4 N–H and O–H groups in total. The first-order valence-electron chi connectivity index (χ1n) is 12.6. The molecular weight excluding hydrogens is 576 g/mol. The summed E-state index contributed by atoms with van der Waals surface area (Å²) in [4.78, 5) is 40.3. The van der Waals surface area contributed by atoms with E-state index in [1.807, 2.05) is 4.57 Å². The number of amides is 1. The van der Waals surface area contributed by atoms with Crippen molar-refractivity contribution in [1.82, 2.24) is 24.4 Å². The molecule has 0 saturated carbocycles. The van der Waals surface area contributed by atoms with Crippen LogP contribution in [0.15, 0.2) is 33.0 Å². The lowest BCUT2D eigenvalue weighted by Crippen LogP contribution is -2.44. The Bertz CT molecular complexity index is 1260. The van der Waals surface area contributed by atoms with Gasteiger partial charge in [0, 0.05) is 29.0 Å². The summed E-state index contributed by atoms with van der Waals surface area (Å²) in [6.45, 7) is 6.97. The number of aryl methyl sites for hydroxylation is 1. The van der Waals surface area contributed by atoms with Crippen LogP contribution in [0.5, 0.6) is 0 Å². The van der Waals surface area contributed by atoms with Gasteiger partial charge in [0.2, 0.25) is 0 Å². The number of hydrogen-bond donors (Lipinski definition) is 3. The first-order valence-corrected chi connectivity index (χ1v) is 14.3. The van der Waals surface area contributed by atoms with Crippen molar-refractivity contribution in [2.45, 2.75) is 70.0 Å². The number of fused-ring (bicyclic) bond motifs is 1. The summed E-state index contributed by atoms with van der Waals surface area (Å²) in [5.41, 5.74) is 7.22. The highest BCUT2D eigenvalue weighted by Crippen LogP contribution is 2.39. The van der Waals surface area contributed by atoms with Crippen molar-refractivity contribution in [3.8, 4) is 0 Å². The molecule has 2 aliphatic rings. The number of piperidine rings is 1. The number of carbonyl (C=O) groups is 2. The summed E-state index contributed by atoms with van der Waals surface area (Å²) in [6, 6.07) is 0. The van der Waals surface area contributed by atoms with Gasteiger partial charge >= 0.3 is 5.97 Å². The van der Waals surface area contributed by atoms with Crippen molar-refractivity contribution >= 4 is 56.6 Å². The van der Waals surface area contributed by atoms with Crippen LogP contribution in [0.25, 0.3) is 11.2 Å². The van der Waals surface area contributed by atoms with E-state index in [4.69, 9.17) is 10.5 Å². The SMILES string of the molecule is CC(C)C(=O)OC(C)C(=O)N1CCC(CCn2c(SC3=CC(O)C(O)C=C3Br)nc3c(N)ncnc32)CC1. The van der Waals surface area contributed by atoms with Crippen molar-refractivity contribution < 1.29 is 24.5 Å². The molecule has 3 heterocycles. The van der Waals surface area contributed by atoms with Crippen molar-refractivity contribution in [2.75, 3.05) is 18.8 Å². The number of likely N-dealkylation sites (tertiary alicyclic amines) is 1. The number of nitrogen functional groups attached to an aromatic ring is 1. The number of halogens is 1. The normalized spacial score (nSPS) is 21.4. The van der Waals surface area contributed by atoms with E-state index in [-0.39, 0.29) is 23.6 Å². The highest BCUT2D eigenvalue weighted by atomic mass is 79.9. The third kappa shape index (κ3) is 6.38. The Labute approximate surface area is 233 Å². The molecule has 1 saturated heterocycles. The maximum Gasteiger partial charge on any atom is 0.309 e. The number of rotatable bonds is 8. The molecule has 11 nitrogen and oxygen atoms in total. The third-order valence-electron chi connectivity index (χ3n) is 6.75. The second kappa shape index (κ2) is 12.1. The Hall–Kier alpha value is -2.48. The van der Waals surface area contributed by atoms with E-state index in [2.05, 4.69) is 30.9 Å². The van der Waals surface area contributed by atoms with E-state index in [1.165, 1.54) is 18.1 Å². The van der Waals surface area contributed by atoms with Crippen LogP contribution in [0.2, 0.25) is 0 Å². The number of imidazole rings is 1. The van der Waals surface area contributed by atoms with Crippen molar-refractivity contribution in [3.05, 3.63) is 27.9 Å². The fourth-order valence-corrected chi connectivity index (χ4v) is 6.07. The molecule has 13 heteroatoms. The van der Waals surface area contributed by atoms with Gasteiger partial charge in [0.25, 0.3) is 5.91 Å². The number of hydrogen-bond acceptors (Lipinski definition) is 10. The van der Waals surface area contributed by atoms with Gasteiger partial charge in [-0.05, 0) is 60.2 Å². The van der Waals surface area contributed by atoms with Gasteiger partial charge in [-0.2, -0.15) is 0 Å². The Kier molecular flexibility index (Phi) is 9.11. The molecule has 0 spiro atoms. The standard InChI is InChI=1S/C25H33BrN6O5S/c1-13(2)24(36)37-14(3)23(35)31-7-4-15(5-8-31)6-9-32-22-20(21(27)28-12-29-22)30-25(32)38-19-11-18(34)17(33)10-16(19)26/h10-15,17-18,33-34H,4-9H2,1-3H3,(H2,27,28,29). The molecule has 1 fully saturated rings. The van der Waals surface area contributed by atoms with Crippen LogP contribution in [-0.4, -0.2) is 77.9 Å². The lowest BCUT2D eigenvalue weighted by Gasteiger charge is -2.33. The van der Waals surface area contributed by atoms with Crippen molar-refractivity contribution in [2.24, 2.45) is 11.8 Å². The fraction of sp³-hybridized carbons (Fsp3) is 0.560. The number of nitrogens with two attached hydrogens (primary N) is 1. The van der Waals surface area contributed by atoms with Gasteiger partial charge in [-0.1, -0.05) is 25.6 Å². The number of thioether (sulfide) groups is 1. The molecule has 2 aromatic rings. The van der Waals surface area contributed by atoms with E-state index in [1.54, 1.807) is 37.8 Å². The molecular formula is C25H33BrN6O5S. The molecule has 0 bridgehead atoms. The Morgan fingerprint density at radius 3 is 2.55 bits per heavy atom. The second-order valence-corrected chi connectivity index (χ2v) is 11.8. The maximum absolute atomic E-state index is 12.7. The topological polar surface area (TPSA) is 157 Å². The minimum Gasteiger partial charge on any atom is -0.452 e. The molecule has 4 rings (SSSR count). The molecule has 38 heavy (non-hydrogen) atoms. The van der Waals surface area contributed by atoms with Gasteiger partial charge < -0.3 is 30.2 Å². The summed E-state index contributed by atoms with van der Waals surface area (Å²) >= 11 is 4.81. The number of aromatic nitrogens is 4. The lowest BCUT2D eigenvalue weighted by atomic mass is 9.93. The molecule has 3 atom stereocenters. The van der Waals surface area contributed by atoms with E-state index < -0.39 is 18.3 Å². The second-order valence-electron chi connectivity index (χ2n) is 9.90. The van der Waals surface area contributed by atoms with Crippen LogP contribution in [0.3, 0.4) is 0 Å². The maximum atomic E-state index is 12.7. The molecule has 2 aromatic heterocycles. The van der Waals surface area contributed by atoms with Gasteiger partial charge in [-0.3, -0.25) is 9.59 Å². The van der Waals surface area contributed by atoms with Crippen molar-refractivity contribution in [3.63, 3.8) is 0 Å². The monoisotopic (exact) mass is 608 g/mol. The van der Waals surface area contributed by atoms with E-state index in [0.29, 0.717) is 46.4 Å². The predicted molar refractivity (Wildman–Crippen MR) is 147 cm³/mol. The summed E-state index contributed by atoms with van der Waals surface area (Å²) in [5.74, 6) is -0.127. The van der Waals surface area contributed by atoms with Crippen LogP contribution in [0.4, 0.5) is 5.82 Å². The predicted octanol–water partition coefficient (Wildman–Crippen LogP) is 2.62. The summed E-state index contributed by atoms with van der Waals surface area (Å²) in [6.07, 6.45) is 4.31. The molecule has 1 aliphatic heterocycles. The van der Waals surface area contributed by atoms with E-state index in [0.717, 1.165) is 24.2 Å². The number of nitrogens with zero attached hydrogens (tertiary/aromatic N) is 5. The first-order chi connectivity index (χ1) is 18.0. The number of carbonyl (C=O) groups excluding carboxylic acids is 2. The Balaban J connectivity index is 1.42. The molecule has 206 valence electrons. The summed E-state index contributed by atoms with van der Waals surface area (Å²) in [5, 5.41) is 20.7. The summed E-state index contributed by atoms with van der Waals surface area (Å²) < 4.78 is 7.96. The zero-order valence-electron chi connectivity index (χ0n) is 21.6. The van der Waals surface area contributed by atoms with Crippen molar-refractivity contribution in [1.29, 1.82) is 0 Å². The molecule has 0 aromatic carbocycles. The fourth-order valence-electron chi connectivity index (χ4n) is 4.43. The lowest BCUT2D eigenvalue weighted by molar-refractivity contribution is -0.162. The van der Waals surface area contributed by atoms with Crippen LogP contribution in [-0.2, 0) is 20.9 Å². The van der Waals surface area contributed by atoms with Gasteiger partial charge in [-0.15, -0.1) is 0 Å². The van der Waals surface area contributed by atoms with Crippen LogP contribution >= 0.6 is 27.7 Å². The van der Waals surface area contributed by atoms with Gasteiger partial charge in [0.15, 0.2) is 28.2 Å². The van der Waals surface area contributed by atoms with E-state index >= 15 is 0 Å². The number of aliphatic hydroxyl groups excluding tert-OH is 2. The zero-order chi connectivity index (χ0) is 27.6. The number of ether oxygens (including phenoxy) is 1. The quantitative estimate of drug-likeness (QED) is 0.380. The molecule has 0 radical (unpaired) electrons. The minimum atomic E-state index is -1.01. The van der Waals surface area contributed by atoms with Crippen LogP contribution in [0, 0.1) is 11.8 Å². The first kappa shape index (κ1) is 28.5. The highest BCUT2D eigenvalue weighted by Gasteiger charge is 2.29. The third-order valence-corrected chi connectivity index (χ3v) is 8.77. The van der Waals surface area contributed by atoms with Crippen LogP contribution < -0.4 is 5.73 Å². The van der Waals surface area contributed by atoms with E-state index in [9.17, 15) is 19.8 Å². The highest BCUT2D eigenvalue weighted by molar-refractivity contribution is 9.12. The molecule has 3 unspecified atom stereocenters. The van der Waals surface area contributed by atoms with Crippen LogP contribution in [0.1, 0.15) is 40.0 Å². The van der Waals surface area contributed by atoms with Gasteiger partial charge in [0.05, 0.1) is 5.92 Å². The largest absolute Gasteiger partial charge is 0.452 e. The van der Waals surface area contributed by atoms with Gasteiger partial charge in [-0.25, -0.2) is 15.0 Å². The smallest absolute Gasteiger partial charge is 0.309 e. The molecule has 1 aliphatic carbocycles. The Morgan fingerprint density at radius 1 is 1.18 bits per heavy atom. The zero-order valence-corrected chi connectivity index (χ0v) is 24.0. The minimum absolute atomic E-state index is 0.157. The number of anilines is 1. The van der Waals surface area contributed by atoms with Gasteiger partial charge in [0.1, 0.15) is 18.5 Å². The summed E-state index contributed by atoms with van der Waals surface area (Å²) in [7, 11) is 0. The average Bonchev–Trinajstić information content (AvgIpc) is 3.24. The molecule has 1 amide bonds. The number of aliphatic hydroxyl groups is 2. The number of allylic oxidation sites excluding steroid dienone is 1. The average molecular weight is 610 g/mol.